The molecule has 0 aromatic carbocycles. The molecule has 2 N–H and O–H groups in total. The van der Waals surface area contributed by atoms with E-state index < -0.39 is 0 Å². The third-order valence-corrected chi connectivity index (χ3v) is 3.73. The van der Waals surface area contributed by atoms with E-state index in [9.17, 15) is 0 Å². The van der Waals surface area contributed by atoms with Gasteiger partial charge in [-0.25, -0.2) is 4.98 Å². The zero-order valence-electron chi connectivity index (χ0n) is 10.5. The van der Waals surface area contributed by atoms with Crippen LogP contribution in [-0.2, 0) is 6.42 Å². The Morgan fingerprint density at radius 2 is 2.28 bits per heavy atom. The van der Waals surface area contributed by atoms with E-state index in [4.69, 9.17) is 11.0 Å². The molecule has 0 unspecified atom stereocenters. The first kappa shape index (κ1) is 12.6. The zero-order chi connectivity index (χ0) is 13.1. The fourth-order valence-electron chi connectivity index (χ4n) is 1.77. The van der Waals surface area contributed by atoms with Gasteiger partial charge in [-0.1, -0.05) is 11.6 Å². The van der Waals surface area contributed by atoms with Crippen LogP contribution in [0.1, 0.15) is 30.8 Å². The fraction of sp³-hybridized carbons (Fsp3) is 0.286. The minimum Gasteiger partial charge on any atom is -0.396 e. The third kappa shape index (κ3) is 2.52. The Hall–Kier alpha value is -1.86. The Bertz CT molecular complexity index is 643. The predicted molar refractivity (Wildman–Crippen MR) is 76.5 cm³/mol. The Morgan fingerprint density at radius 3 is 2.94 bits per heavy atom. The van der Waals surface area contributed by atoms with E-state index in [0.717, 1.165) is 28.8 Å². The number of hydrogen-bond acceptors (Lipinski definition) is 4. The van der Waals surface area contributed by atoms with Crippen molar-refractivity contribution in [2.45, 2.75) is 26.7 Å². The number of aromatic nitrogens is 1. The van der Waals surface area contributed by atoms with Crippen LogP contribution in [0.2, 0.25) is 0 Å². The van der Waals surface area contributed by atoms with Crippen molar-refractivity contribution in [1.82, 2.24) is 4.98 Å². The topological polar surface area (TPSA) is 62.7 Å². The SMILES string of the molecule is CC(C)=CCCc1ccc2c(N)c(C#N)sc2n1. The molecule has 0 saturated carbocycles. The molecule has 0 atom stereocenters. The number of rotatable bonds is 3. The Balaban J connectivity index is 2.28. The van der Waals surface area contributed by atoms with Gasteiger partial charge in [-0.05, 0) is 38.8 Å². The zero-order valence-corrected chi connectivity index (χ0v) is 11.3. The van der Waals surface area contributed by atoms with Crippen molar-refractivity contribution < 1.29 is 0 Å². The number of nitrogens with two attached hydrogens (primary N) is 1. The van der Waals surface area contributed by atoms with Gasteiger partial charge in [0.15, 0.2) is 0 Å². The van der Waals surface area contributed by atoms with Gasteiger partial charge in [0, 0.05) is 11.1 Å². The molecule has 2 aromatic heterocycles. The Morgan fingerprint density at radius 1 is 1.50 bits per heavy atom. The van der Waals surface area contributed by atoms with E-state index in [2.05, 4.69) is 31.0 Å². The van der Waals surface area contributed by atoms with Crippen LogP contribution in [0.5, 0.6) is 0 Å². The molecule has 0 aliphatic heterocycles. The van der Waals surface area contributed by atoms with Crippen LogP contribution in [0.25, 0.3) is 10.2 Å². The van der Waals surface area contributed by atoms with Crippen molar-refractivity contribution in [3.63, 3.8) is 0 Å². The normalized spacial score (nSPS) is 10.3. The highest BCUT2D eigenvalue weighted by Crippen LogP contribution is 2.31. The second kappa shape index (κ2) is 5.19. The summed E-state index contributed by atoms with van der Waals surface area (Å²) >= 11 is 1.37. The number of pyridine rings is 1. The van der Waals surface area contributed by atoms with Gasteiger partial charge in [-0.15, -0.1) is 11.3 Å². The molecule has 0 spiro atoms. The van der Waals surface area contributed by atoms with Gasteiger partial charge in [-0.2, -0.15) is 5.26 Å². The predicted octanol–water partition coefficient (Wildman–Crippen LogP) is 3.65. The summed E-state index contributed by atoms with van der Waals surface area (Å²) in [5, 5.41) is 9.83. The Kier molecular flexibility index (Phi) is 3.63. The highest BCUT2D eigenvalue weighted by Gasteiger charge is 2.10. The van der Waals surface area contributed by atoms with Crippen molar-refractivity contribution in [3.05, 3.63) is 34.4 Å². The van der Waals surface area contributed by atoms with Crippen LogP contribution < -0.4 is 5.73 Å². The van der Waals surface area contributed by atoms with Crippen molar-refractivity contribution >= 4 is 27.2 Å². The van der Waals surface area contributed by atoms with Gasteiger partial charge < -0.3 is 5.73 Å². The van der Waals surface area contributed by atoms with E-state index in [0.29, 0.717) is 10.6 Å². The Labute approximate surface area is 111 Å². The molecule has 0 aliphatic rings. The first-order valence-corrected chi connectivity index (χ1v) is 6.65. The van der Waals surface area contributed by atoms with Gasteiger partial charge in [0.1, 0.15) is 15.8 Å². The largest absolute Gasteiger partial charge is 0.396 e. The second-order valence-corrected chi connectivity index (χ2v) is 5.43. The van der Waals surface area contributed by atoms with Crippen molar-refractivity contribution in [1.29, 1.82) is 5.26 Å². The molecule has 0 aliphatic carbocycles. The molecule has 4 heteroatoms. The summed E-state index contributed by atoms with van der Waals surface area (Å²) in [6.07, 6.45) is 4.11. The quantitative estimate of drug-likeness (QED) is 0.854. The number of thiophene rings is 1. The smallest absolute Gasteiger partial charge is 0.130 e. The van der Waals surface area contributed by atoms with E-state index in [-0.39, 0.29) is 0 Å². The fourth-order valence-corrected chi connectivity index (χ4v) is 2.68. The van der Waals surface area contributed by atoms with Crippen LogP contribution >= 0.6 is 11.3 Å². The van der Waals surface area contributed by atoms with Crippen molar-refractivity contribution in [2.24, 2.45) is 0 Å². The van der Waals surface area contributed by atoms with Crippen LogP contribution in [0.15, 0.2) is 23.8 Å². The van der Waals surface area contributed by atoms with Gasteiger partial charge in [0.05, 0.1) is 5.69 Å². The van der Waals surface area contributed by atoms with Crippen molar-refractivity contribution in [3.8, 4) is 6.07 Å². The van der Waals surface area contributed by atoms with Crippen LogP contribution in [0.4, 0.5) is 5.69 Å². The maximum Gasteiger partial charge on any atom is 0.130 e. The molecule has 2 heterocycles. The van der Waals surface area contributed by atoms with Gasteiger partial charge in [0.25, 0.3) is 0 Å². The number of nitriles is 1. The molecular formula is C14H15N3S. The van der Waals surface area contributed by atoms with E-state index in [1.165, 1.54) is 16.9 Å². The van der Waals surface area contributed by atoms with Gasteiger partial charge >= 0.3 is 0 Å². The molecule has 92 valence electrons. The maximum absolute atomic E-state index is 8.94. The van der Waals surface area contributed by atoms with Crippen molar-refractivity contribution in [2.75, 3.05) is 5.73 Å². The molecular weight excluding hydrogens is 242 g/mol. The molecule has 0 amide bonds. The minimum absolute atomic E-state index is 0.555. The lowest BCUT2D eigenvalue weighted by molar-refractivity contribution is 0.948. The summed E-state index contributed by atoms with van der Waals surface area (Å²) in [7, 11) is 0. The lowest BCUT2D eigenvalue weighted by atomic mass is 10.1. The first-order valence-electron chi connectivity index (χ1n) is 5.83. The third-order valence-electron chi connectivity index (χ3n) is 2.71. The maximum atomic E-state index is 8.94. The van der Waals surface area contributed by atoms with E-state index >= 15 is 0 Å². The number of nitrogens with zero attached hydrogens (tertiary/aromatic N) is 2. The molecule has 2 rings (SSSR count). The second-order valence-electron chi connectivity index (χ2n) is 4.43. The van der Waals surface area contributed by atoms with E-state index in [1.54, 1.807) is 0 Å². The highest BCUT2D eigenvalue weighted by atomic mass is 32.1. The van der Waals surface area contributed by atoms with Crippen LogP contribution in [-0.4, -0.2) is 4.98 Å². The monoisotopic (exact) mass is 257 g/mol. The average molecular weight is 257 g/mol. The summed E-state index contributed by atoms with van der Waals surface area (Å²) in [5.74, 6) is 0. The number of hydrogen-bond donors (Lipinski definition) is 1. The molecule has 0 radical (unpaired) electrons. The molecule has 0 saturated heterocycles. The van der Waals surface area contributed by atoms with Crippen LogP contribution in [0.3, 0.4) is 0 Å². The lowest BCUT2D eigenvalue weighted by Crippen LogP contribution is -1.89. The molecule has 3 nitrogen and oxygen atoms in total. The summed E-state index contributed by atoms with van der Waals surface area (Å²) in [6.45, 7) is 4.19. The van der Waals surface area contributed by atoms with Gasteiger partial charge in [-0.3, -0.25) is 0 Å². The number of anilines is 1. The minimum atomic E-state index is 0.555. The molecule has 2 aromatic rings. The van der Waals surface area contributed by atoms with E-state index in [1.807, 2.05) is 12.1 Å². The first-order chi connectivity index (χ1) is 8.61. The molecule has 0 fully saturated rings. The molecule has 0 bridgehead atoms. The average Bonchev–Trinajstić information content (AvgIpc) is 2.65. The summed E-state index contributed by atoms with van der Waals surface area (Å²) in [6, 6.07) is 6.06. The van der Waals surface area contributed by atoms with Gasteiger partial charge in [0.2, 0.25) is 0 Å². The standard InChI is InChI=1S/C14H15N3S/c1-9(2)4-3-5-10-6-7-11-13(16)12(8-15)18-14(11)17-10/h4,6-7H,3,5,16H2,1-2H3. The number of fused-ring (bicyclic) bond motifs is 1. The summed E-state index contributed by atoms with van der Waals surface area (Å²) < 4.78 is 0. The number of aryl methyl sites for hydroxylation is 1. The number of nitrogen functional groups attached to an aromatic ring is 1. The lowest BCUT2D eigenvalue weighted by Gasteiger charge is -1.98. The highest BCUT2D eigenvalue weighted by molar-refractivity contribution is 7.19. The van der Waals surface area contributed by atoms with Crippen LogP contribution in [0, 0.1) is 11.3 Å². The molecule has 18 heavy (non-hydrogen) atoms. The summed E-state index contributed by atoms with van der Waals surface area (Å²) in [4.78, 5) is 5.97. The number of allylic oxidation sites excluding steroid dienone is 2. The summed E-state index contributed by atoms with van der Waals surface area (Å²) in [5.41, 5.74) is 8.80.